The topological polar surface area (TPSA) is 50.4 Å². The summed E-state index contributed by atoms with van der Waals surface area (Å²) in [4.78, 5) is 3.67. The van der Waals surface area contributed by atoms with Gasteiger partial charge in [-0.3, -0.25) is 0 Å². The van der Waals surface area contributed by atoms with E-state index in [2.05, 4.69) is 10.1 Å². The smallest absolute Gasteiger partial charge is 0.239 e. The second-order valence-corrected chi connectivity index (χ2v) is 2.47. The van der Waals surface area contributed by atoms with Gasteiger partial charge in [0.25, 0.3) is 0 Å². The monoisotopic (exact) mass is 167 g/mol. The van der Waals surface area contributed by atoms with Gasteiger partial charge in [0.15, 0.2) is 0 Å². The average molecular weight is 167 g/mol. The molecule has 4 nitrogen and oxygen atoms in total. The molecule has 0 radical (unpaired) electrons. The minimum Gasteiger partial charge on any atom is -0.492 e. The number of hydrogen-bond donors (Lipinski definition) is 1. The number of fused-ring (bicyclic) bond motifs is 1. The zero-order valence-electron chi connectivity index (χ0n) is 6.32. The molecule has 0 fully saturated rings. The molecule has 0 aromatic carbocycles. The summed E-state index contributed by atoms with van der Waals surface area (Å²) < 4.78 is 13.9. The molecule has 0 unspecified atom stereocenters. The molecule has 62 valence electrons. The number of aromatic nitrogens is 3. The first kappa shape index (κ1) is 7.02. The molecule has 0 bridgehead atoms. The van der Waals surface area contributed by atoms with Gasteiger partial charge in [-0.15, -0.1) is 0 Å². The van der Waals surface area contributed by atoms with E-state index in [0.29, 0.717) is 5.82 Å². The van der Waals surface area contributed by atoms with Crippen molar-refractivity contribution in [3.05, 3.63) is 23.9 Å². The summed E-state index contributed by atoms with van der Waals surface area (Å²) in [6, 6.07) is 1.18. The molecule has 2 heterocycles. The minimum absolute atomic E-state index is 0.202. The van der Waals surface area contributed by atoms with E-state index in [1.165, 1.54) is 16.8 Å². The predicted octanol–water partition coefficient (Wildman–Crippen LogP) is 0.882. The summed E-state index contributed by atoms with van der Waals surface area (Å²) in [5.74, 6) is -0.243. The van der Waals surface area contributed by atoms with Crippen LogP contribution >= 0.6 is 0 Å². The first-order valence-corrected chi connectivity index (χ1v) is 3.38. The number of halogens is 1. The van der Waals surface area contributed by atoms with Crippen LogP contribution in [-0.4, -0.2) is 19.7 Å². The molecule has 0 spiro atoms. The molecule has 5 heteroatoms. The number of nitrogens with zero attached hydrogens (tertiary/aromatic N) is 3. The van der Waals surface area contributed by atoms with E-state index in [4.69, 9.17) is 0 Å². The second kappa shape index (κ2) is 2.17. The quantitative estimate of drug-likeness (QED) is 0.633. The zero-order valence-corrected chi connectivity index (χ0v) is 6.32. The predicted molar refractivity (Wildman–Crippen MR) is 39.3 cm³/mol. The van der Waals surface area contributed by atoms with E-state index >= 15 is 0 Å². The number of hydrogen-bond acceptors (Lipinski definition) is 3. The lowest BCUT2D eigenvalue weighted by Crippen LogP contribution is -1.95. The van der Waals surface area contributed by atoms with Crippen molar-refractivity contribution in [3.63, 3.8) is 0 Å². The van der Waals surface area contributed by atoms with Gasteiger partial charge in [-0.1, -0.05) is 0 Å². The van der Waals surface area contributed by atoms with Crippen LogP contribution in [0.2, 0.25) is 0 Å². The van der Waals surface area contributed by atoms with E-state index in [9.17, 15) is 9.50 Å². The molecule has 12 heavy (non-hydrogen) atoms. The molecule has 0 atom stereocenters. The van der Waals surface area contributed by atoms with Crippen LogP contribution in [0.3, 0.4) is 0 Å². The Morgan fingerprint density at radius 1 is 1.58 bits per heavy atom. The number of aryl methyl sites for hydroxylation is 1. The van der Waals surface area contributed by atoms with Gasteiger partial charge in [-0.2, -0.15) is 10.1 Å². The zero-order chi connectivity index (χ0) is 8.72. The largest absolute Gasteiger partial charge is 0.492 e. The van der Waals surface area contributed by atoms with Crippen LogP contribution in [0, 0.1) is 12.7 Å². The van der Waals surface area contributed by atoms with Crippen LogP contribution in [0.1, 0.15) is 5.82 Å². The Bertz CT molecular complexity index is 437. The summed E-state index contributed by atoms with van der Waals surface area (Å²) in [5, 5.41) is 13.1. The van der Waals surface area contributed by atoms with Crippen molar-refractivity contribution < 1.29 is 9.50 Å². The van der Waals surface area contributed by atoms with Gasteiger partial charge in [-0.05, 0) is 6.92 Å². The molecule has 0 aliphatic carbocycles. The molecule has 0 aliphatic heterocycles. The molecule has 0 saturated heterocycles. The summed E-state index contributed by atoms with van der Waals surface area (Å²) >= 11 is 0. The first-order valence-electron chi connectivity index (χ1n) is 3.38. The van der Waals surface area contributed by atoms with Crippen LogP contribution in [0.5, 0.6) is 5.88 Å². The van der Waals surface area contributed by atoms with E-state index in [-0.39, 0.29) is 11.4 Å². The number of rotatable bonds is 0. The van der Waals surface area contributed by atoms with Crippen LogP contribution in [0.15, 0.2) is 12.3 Å². The molecule has 2 rings (SSSR count). The van der Waals surface area contributed by atoms with Crippen molar-refractivity contribution in [3.8, 4) is 5.88 Å². The van der Waals surface area contributed by atoms with E-state index in [0.717, 1.165) is 0 Å². The summed E-state index contributed by atoms with van der Waals surface area (Å²) in [6.07, 6.45) is 1.18. The fourth-order valence-electron chi connectivity index (χ4n) is 1.06. The van der Waals surface area contributed by atoms with Gasteiger partial charge in [0.2, 0.25) is 5.88 Å². The lowest BCUT2D eigenvalue weighted by molar-refractivity contribution is 0.451. The van der Waals surface area contributed by atoms with Gasteiger partial charge in [-0.25, -0.2) is 8.91 Å². The second-order valence-electron chi connectivity index (χ2n) is 2.47. The summed E-state index contributed by atoms with van der Waals surface area (Å²) in [7, 11) is 0. The Kier molecular flexibility index (Phi) is 1.27. The fourth-order valence-corrected chi connectivity index (χ4v) is 1.06. The lowest BCUT2D eigenvalue weighted by atomic mass is 10.5. The molecule has 2 aromatic rings. The van der Waals surface area contributed by atoms with Crippen molar-refractivity contribution in [1.82, 2.24) is 14.6 Å². The molecule has 1 N–H and O–H groups in total. The Hall–Kier alpha value is -1.65. The van der Waals surface area contributed by atoms with Crippen LogP contribution < -0.4 is 0 Å². The van der Waals surface area contributed by atoms with Crippen molar-refractivity contribution in [1.29, 1.82) is 0 Å². The highest BCUT2D eigenvalue weighted by molar-refractivity contribution is 5.55. The Balaban J connectivity index is 2.88. The van der Waals surface area contributed by atoms with Gasteiger partial charge in [0.05, 0.1) is 6.20 Å². The SMILES string of the molecule is Cc1nc(O)c2cc(F)cn2n1. The average Bonchev–Trinajstić information content (AvgIpc) is 2.29. The third kappa shape index (κ3) is 0.903. The summed E-state index contributed by atoms with van der Waals surface area (Å²) in [5.41, 5.74) is 0.276. The highest BCUT2D eigenvalue weighted by atomic mass is 19.1. The third-order valence-corrected chi connectivity index (χ3v) is 1.52. The van der Waals surface area contributed by atoms with Crippen LogP contribution in [0.4, 0.5) is 4.39 Å². The minimum atomic E-state index is -0.440. The maximum Gasteiger partial charge on any atom is 0.239 e. The van der Waals surface area contributed by atoms with E-state index < -0.39 is 5.82 Å². The molecule has 0 saturated carbocycles. The lowest BCUT2D eigenvalue weighted by Gasteiger charge is -1.96. The normalized spacial score (nSPS) is 10.8. The van der Waals surface area contributed by atoms with Crippen molar-refractivity contribution in [2.45, 2.75) is 6.92 Å². The van der Waals surface area contributed by atoms with E-state index in [1.54, 1.807) is 6.92 Å². The fraction of sp³-hybridized carbons (Fsp3) is 0.143. The molecule has 0 amide bonds. The molecular formula is C7H6FN3O. The van der Waals surface area contributed by atoms with Gasteiger partial charge in [0, 0.05) is 6.07 Å². The number of aromatic hydroxyl groups is 1. The van der Waals surface area contributed by atoms with Crippen LogP contribution in [-0.2, 0) is 0 Å². The third-order valence-electron chi connectivity index (χ3n) is 1.52. The van der Waals surface area contributed by atoms with Gasteiger partial charge < -0.3 is 5.11 Å². The highest BCUT2D eigenvalue weighted by Gasteiger charge is 2.05. The molecule has 0 aliphatic rings. The molecular weight excluding hydrogens is 161 g/mol. The highest BCUT2D eigenvalue weighted by Crippen LogP contribution is 2.16. The Morgan fingerprint density at radius 2 is 2.33 bits per heavy atom. The Labute approximate surface area is 67.3 Å². The van der Waals surface area contributed by atoms with Crippen molar-refractivity contribution >= 4 is 5.52 Å². The molecule has 2 aromatic heterocycles. The van der Waals surface area contributed by atoms with E-state index in [1.807, 2.05) is 0 Å². The standard InChI is InChI=1S/C7H6FN3O/c1-4-9-7(12)6-2-5(8)3-11(6)10-4/h2-3H,1H3,(H,9,10,12). The van der Waals surface area contributed by atoms with Crippen molar-refractivity contribution in [2.24, 2.45) is 0 Å². The van der Waals surface area contributed by atoms with Crippen LogP contribution in [0.25, 0.3) is 5.52 Å². The van der Waals surface area contributed by atoms with Crippen molar-refractivity contribution in [2.75, 3.05) is 0 Å². The first-order chi connectivity index (χ1) is 5.66. The maximum absolute atomic E-state index is 12.6. The van der Waals surface area contributed by atoms with Gasteiger partial charge in [0.1, 0.15) is 17.2 Å². The van der Waals surface area contributed by atoms with Gasteiger partial charge >= 0.3 is 0 Å². The summed E-state index contributed by atoms with van der Waals surface area (Å²) in [6.45, 7) is 1.62. The maximum atomic E-state index is 12.6. The Morgan fingerprint density at radius 3 is 3.08 bits per heavy atom.